The van der Waals surface area contributed by atoms with E-state index in [1.54, 1.807) is 18.3 Å². The van der Waals surface area contributed by atoms with Crippen LogP contribution in [0, 0.1) is 20.8 Å². The third kappa shape index (κ3) is 4.82. The molecular weight excluding hydrogens is 504 g/mol. The van der Waals surface area contributed by atoms with Crippen LogP contribution in [0.25, 0.3) is 5.82 Å². The molecule has 0 aliphatic carbocycles. The fourth-order valence-electron chi connectivity index (χ4n) is 4.98. The van der Waals surface area contributed by atoms with Crippen LogP contribution in [0.3, 0.4) is 0 Å². The number of thiocarbonyl (C=S) groups is 1. The zero-order valence-electron chi connectivity index (χ0n) is 21.0. The minimum absolute atomic E-state index is 0.193. The van der Waals surface area contributed by atoms with Gasteiger partial charge in [-0.05, 0) is 92.6 Å². The molecule has 0 spiro atoms. The molecule has 190 valence electrons. The van der Waals surface area contributed by atoms with Gasteiger partial charge in [0.25, 0.3) is 0 Å². The lowest BCUT2D eigenvalue weighted by atomic mass is 9.96. The normalized spacial score (nSPS) is 17.6. The molecule has 2 N–H and O–H groups in total. The van der Waals surface area contributed by atoms with Crippen molar-refractivity contribution in [1.82, 2.24) is 19.9 Å². The van der Waals surface area contributed by atoms with Gasteiger partial charge in [0.05, 0.1) is 24.0 Å². The highest BCUT2D eigenvalue weighted by molar-refractivity contribution is 7.92. The summed E-state index contributed by atoms with van der Waals surface area (Å²) in [5.41, 5.74) is 6.54. The molecule has 8 nitrogen and oxygen atoms in total. The van der Waals surface area contributed by atoms with E-state index in [2.05, 4.69) is 62.4 Å². The van der Waals surface area contributed by atoms with Gasteiger partial charge in [0.1, 0.15) is 5.82 Å². The van der Waals surface area contributed by atoms with Gasteiger partial charge in [0, 0.05) is 35.2 Å². The first kappa shape index (κ1) is 24.9. The van der Waals surface area contributed by atoms with Gasteiger partial charge >= 0.3 is 0 Å². The van der Waals surface area contributed by atoms with Crippen molar-refractivity contribution in [2.75, 3.05) is 15.9 Å². The lowest BCUT2D eigenvalue weighted by molar-refractivity contribution is 0.565. The van der Waals surface area contributed by atoms with Crippen molar-refractivity contribution < 1.29 is 8.42 Å². The highest BCUT2D eigenvalue weighted by Crippen LogP contribution is 2.44. The maximum atomic E-state index is 11.7. The van der Waals surface area contributed by atoms with E-state index < -0.39 is 10.0 Å². The van der Waals surface area contributed by atoms with Crippen molar-refractivity contribution in [2.24, 2.45) is 0 Å². The molecule has 0 amide bonds. The summed E-state index contributed by atoms with van der Waals surface area (Å²) in [5.74, 6) is 0.898. The molecule has 0 unspecified atom stereocenters. The predicted octanol–water partition coefficient (Wildman–Crippen LogP) is 4.74. The number of rotatable bonds is 6. The van der Waals surface area contributed by atoms with Gasteiger partial charge in [-0.25, -0.2) is 13.4 Å². The summed E-state index contributed by atoms with van der Waals surface area (Å²) in [4.78, 5) is 11.4. The second-order valence-corrected chi connectivity index (χ2v) is 11.4. The number of aromatic nitrogens is 3. The van der Waals surface area contributed by atoms with Crippen LogP contribution in [-0.4, -0.2) is 34.3 Å². The Hall–Kier alpha value is -3.76. The van der Waals surface area contributed by atoms with E-state index in [1.807, 2.05) is 42.6 Å². The molecule has 1 saturated heterocycles. The van der Waals surface area contributed by atoms with Crippen molar-refractivity contribution in [3.63, 3.8) is 0 Å². The van der Waals surface area contributed by atoms with Crippen molar-refractivity contribution in [3.05, 3.63) is 101 Å². The monoisotopic (exact) mass is 532 g/mol. The standard InChI is InChI=1S/C27H28N6O2S2/c1-17-8-7-15-29-26(17)32-18(2)16-22(19(32)3)25-24(23-9-5-6-14-28-23)30-27(36)33(25)21-12-10-20(11-13-21)31-37(4,34)35/h5-16,24-25,31H,1-4H3,(H,30,36)/t24-,25+/m1/s1. The zero-order valence-corrected chi connectivity index (χ0v) is 22.6. The Morgan fingerprint density at radius 1 is 0.973 bits per heavy atom. The van der Waals surface area contributed by atoms with Crippen LogP contribution in [0.2, 0.25) is 0 Å². The first-order valence-corrected chi connectivity index (χ1v) is 14.1. The van der Waals surface area contributed by atoms with Gasteiger partial charge in [0.2, 0.25) is 10.0 Å². The number of anilines is 2. The van der Waals surface area contributed by atoms with E-state index in [0.717, 1.165) is 46.0 Å². The zero-order chi connectivity index (χ0) is 26.3. The van der Waals surface area contributed by atoms with Crippen molar-refractivity contribution in [3.8, 4) is 5.82 Å². The van der Waals surface area contributed by atoms with Gasteiger partial charge in [-0.15, -0.1) is 0 Å². The van der Waals surface area contributed by atoms with E-state index in [1.165, 1.54) is 0 Å². The second kappa shape index (κ2) is 9.60. The smallest absolute Gasteiger partial charge is 0.229 e. The lowest BCUT2D eigenvalue weighted by Gasteiger charge is -2.28. The van der Waals surface area contributed by atoms with Crippen LogP contribution in [-0.2, 0) is 10.0 Å². The summed E-state index contributed by atoms with van der Waals surface area (Å²) in [7, 11) is -3.37. The molecule has 5 rings (SSSR count). The molecular formula is C27H28N6O2S2. The van der Waals surface area contributed by atoms with Crippen LogP contribution in [0.4, 0.5) is 11.4 Å². The van der Waals surface area contributed by atoms with E-state index in [-0.39, 0.29) is 12.1 Å². The average molecular weight is 533 g/mol. The Kier molecular flexibility index (Phi) is 6.47. The predicted molar refractivity (Wildman–Crippen MR) is 151 cm³/mol. The number of benzene rings is 1. The summed E-state index contributed by atoms with van der Waals surface area (Å²) in [5, 5.41) is 4.06. The van der Waals surface area contributed by atoms with Gasteiger partial charge in [0.15, 0.2) is 5.11 Å². The Morgan fingerprint density at radius 3 is 2.35 bits per heavy atom. The number of nitrogens with zero attached hydrogens (tertiary/aromatic N) is 4. The van der Waals surface area contributed by atoms with Crippen LogP contribution in [0.1, 0.15) is 40.3 Å². The third-order valence-corrected chi connectivity index (χ3v) is 7.45. The fraction of sp³-hybridized carbons (Fsp3) is 0.222. The Bertz CT molecular complexity index is 1570. The number of sulfonamides is 1. The highest BCUT2D eigenvalue weighted by atomic mass is 32.2. The van der Waals surface area contributed by atoms with Gasteiger partial charge < -0.3 is 14.8 Å². The SMILES string of the molecule is Cc1cccnc1-n1c(C)cc([C@H]2[C@@H](c3ccccn3)NC(=S)N2c2ccc(NS(C)(=O)=O)cc2)c1C. The Balaban J connectivity index is 1.64. The summed E-state index contributed by atoms with van der Waals surface area (Å²) in [6, 6.07) is 18.9. The summed E-state index contributed by atoms with van der Waals surface area (Å²) in [6.07, 6.45) is 4.72. The molecule has 3 aromatic heterocycles. The van der Waals surface area contributed by atoms with E-state index in [0.29, 0.717) is 10.8 Å². The largest absolute Gasteiger partial charge is 0.351 e. The highest BCUT2D eigenvalue weighted by Gasteiger charge is 2.42. The van der Waals surface area contributed by atoms with Gasteiger partial charge in [-0.2, -0.15) is 0 Å². The maximum Gasteiger partial charge on any atom is 0.229 e. The third-order valence-electron chi connectivity index (χ3n) is 6.53. The molecule has 0 radical (unpaired) electrons. The molecule has 0 bridgehead atoms. The number of nitrogens with one attached hydrogen (secondary N) is 2. The Morgan fingerprint density at radius 2 is 1.70 bits per heavy atom. The van der Waals surface area contributed by atoms with Crippen LogP contribution < -0.4 is 14.9 Å². The number of pyridine rings is 2. The number of hydrogen-bond acceptors (Lipinski definition) is 5. The second-order valence-electron chi connectivity index (χ2n) is 9.22. The van der Waals surface area contributed by atoms with E-state index in [9.17, 15) is 8.42 Å². The Labute approximate surface area is 222 Å². The minimum Gasteiger partial charge on any atom is -0.351 e. The topological polar surface area (TPSA) is 92.2 Å². The summed E-state index contributed by atoms with van der Waals surface area (Å²) < 4.78 is 28.0. The van der Waals surface area contributed by atoms with Crippen molar-refractivity contribution in [2.45, 2.75) is 32.9 Å². The van der Waals surface area contributed by atoms with Crippen molar-refractivity contribution in [1.29, 1.82) is 0 Å². The van der Waals surface area contributed by atoms with E-state index >= 15 is 0 Å². The number of aryl methyl sites for hydroxylation is 2. The van der Waals surface area contributed by atoms with E-state index in [4.69, 9.17) is 12.2 Å². The van der Waals surface area contributed by atoms with Crippen LogP contribution in [0.15, 0.2) is 73.1 Å². The average Bonchev–Trinajstić information content (AvgIpc) is 3.35. The maximum absolute atomic E-state index is 11.7. The molecule has 4 heterocycles. The first-order valence-electron chi connectivity index (χ1n) is 11.8. The molecule has 0 saturated carbocycles. The summed E-state index contributed by atoms with van der Waals surface area (Å²) >= 11 is 5.85. The first-order chi connectivity index (χ1) is 17.6. The van der Waals surface area contributed by atoms with Gasteiger partial charge in [-0.1, -0.05) is 12.1 Å². The molecule has 1 fully saturated rings. The molecule has 1 aliphatic rings. The minimum atomic E-state index is -3.37. The quantitative estimate of drug-likeness (QED) is 0.347. The molecule has 1 aromatic carbocycles. The van der Waals surface area contributed by atoms with Crippen molar-refractivity contribution >= 4 is 38.7 Å². The molecule has 2 atom stereocenters. The number of hydrogen-bond donors (Lipinski definition) is 2. The molecule has 10 heteroatoms. The van der Waals surface area contributed by atoms with Crippen LogP contribution in [0.5, 0.6) is 0 Å². The molecule has 37 heavy (non-hydrogen) atoms. The lowest BCUT2D eigenvalue weighted by Crippen LogP contribution is -2.29. The van der Waals surface area contributed by atoms with Crippen LogP contribution >= 0.6 is 12.2 Å². The fourth-order valence-corrected chi connectivity index (χ4v) is 5.89. The van der Waals surface area contributed by atoms with Gasteiger partial charge in [-0.3, -0.25) is 9.71 Å². The summed E-state index contributed by atoms with van der Waals surface area (Å²) in [6.45, 7) is 6.24. The molecule has 1 aliphatic heterocycles. The molecule has 4 aromatic rings.